The second kappa shape index (κ2) is 10.2. The summed E-state index contributed by atoms with van der Waals surface area (Å²) in [4.78, 5) is 0. The van der Waals surface area contributed by atoms with Crippen LogP contribution in [0.3, 0.4) is 0 Å². The third kappa shape index (κ3) is 5.07. The molecular weight excluding hydrogens is 401 g/mol. The summed E-state index contributed by atoms with van der Waals surface area (Å²) in [5.74, 6) is -0.521. The zero-order chi connectivity index (χ0) is 22.4. The highest BCUT2D eigenvalue weighted by Crippen LogP contribution is 2.31. The molecule has 0 aromatic heterocycles. The average Bonchev–Trinajstić information content (AvgIpc) is 2.73. The van der Waals surface area contributed by atoms with E-state index < -0.39 is 26.5 Å². The van der Waals surface area contributed by atoms with Crippen molar-refractivity contribution in [2.75, 3.05) is 13.1 Å². The molecule has 0 aliphatic rings. The fourth-order valence-electron chi connectivity index (χ4n) is 3.61. The molecular formula is C23H30FN3O2S. The molecule has 0 saturated carbocycles. The number of nitriles is 1. The van der Waals surface area contributed by atoms with E-state index in [1.165, 1.54) is 10.4 Å². The van der Waals surface area contributed by atoms with Crippen molar-refractivity contribution < 1.29 is 12.8 Å². The third-order valence-corrected chi connectivity index (χ3v) is 7.97. The van der Waals surface area contributed by atoms with Crippen LogP contribution < -0.4 is 5.73 Å². The Morgan fingerprint density at radius 1 is 1.20 bits per heavy atom. The molecule has 162 valence electrons. The van der Waals surface area contributed by atoms with E-state index in [1.54, 1.807) is 38.1 Å². The van der Waals surface area contributed by atoms with Crippen molar-refractivity contribution in [3.63, 3.8) is 0 Å². The number of nitrogens with two attached hydrogens (primary N) is 1. The van der Waals surface area contributed by atoms with E-state index in [-0.39, 0.29) is 18.7 Å². The van der Waals surface area contributed by atoms with E-state index in [0.29, 0.717) is 24.9 Å². The molecule has 2 atom stereocenters. The molecule has 2 rings (SSSR count). The highest BCUT2D eigenvalue weighted by Gasteiger charge is 2.32. The van der Waals surface area contributed by atoms with Crippen molar-refractivity contribution in [3.05, 3.63) is 71.0 Å². The van der Waals surface area contributed by atoms with E-state index in [2.05, 4.69) is 6.07 Å². The first-order valence-electron chi connectivity index (χ1n) is 10.2. The molecule has 1 unspecified atom stereocenters. The first-order valence-corrected chi connectivity index (χ1v) is 11.7. The van der Waals surface area contributed by atoms with Crippen LogP contribution in [0.2, 0.25) is 0 Å². The fourth-order valence-corrected chi connectivity index (χ4v) is 5.57. The Bertz CT molecular complexity index is 989. The molecule has 30 heavy (non-hydrogen) atoms. The average molecular weight is 432 g/mol. The van der Waals surface area contributed by atoms with Crippen LogP contribution in [0.5, 0.6) is 0 Å². The molecule has 0 spiro atoms. The van der Waals surface area contributed by atoms with Gasteiger partial charge >= 0.3 is 0 Å². The molecule has 5 nitrogen and oxygen atoms in total. The first kappa shape index (κ1) is 24.0. The first-order chi connectivity index (χ1) is 14.2. The predicted molar refractivity (Wildman–Crippen MR) is 118 cm³/mol. The van der Waals surface area contributed by atoms with E-state index in [9.17, 15) is 18.1 Å². The van der Waals surface area contributed by atoms with Gasteiger partial charge in [-0.2, -0.15) is 9.57 Å². The van der Waals surface area contributed by atoms with Crippen molar-refractivity contribution in [3.8, 4) is 6.07 Å². The van der Waals surface area contributed by atoms with Crippen LogP contribution in [-0.2, 0) is 22.0 Å². The summed E-state index contributed by atoms with van der Waals surface area (Å²) >= 11 is 0. The van der Waals surface area contributed by atoms with Gasteiger partial charge in [-0.25, -0.2) is 12.8 Å². The lowest BCUT2D eigenvalue weighted by Crippen LogP contribution is -2.34. The van der Waals surface area contributed by atoms with Gasteiger partial charge in [0.2, 0.25) is 10.0 Å². The van der Waals surface area contributed by atoms with E-state index >= 15 is 0 Å². The number of hydrogen-bond acceptors (Lipinski definition) is 4. The summed E-state index contributed by atoms with van der Waals surface area (Å²) in [6, 6.07) is 15.9. The van der Waals surface area contributed by atoms with Gasteiger partial charge in [0.15, 0.2) is 0 Å². The lowest BCUT2D eigenvalue weighted by molar-refractivity contribution is 0.406. The topological polar surface area (TPSA) is 87.2 Å². The van der Waals surface area contributed by atoms with E-state index in [4.69, 9.17) is 5.73 Å². The Morgan fingerprint density at radius 3 is 2.37 bits per heavy atom. The highest BCUT2D eigenvalue weighted by molar-refractivity contribution is 7.89. The molecule has 0 fully saturated rings. The SMILES string of the molecule is CC[C@H](c1ccccc1)S(=O)(=O)N(CC)Cc1ccc(C(C)(C#N)CCN)cc1F. The monoisotopic (exact) mass is 431 g/mol. The summed E-state index contributed by atoms with van der Waals surface area (Å²) in [6.45, 7) is 5.79. The second-order valence-electron chi connectivity index (χ2n) is 7.57. The molecule has 0 amide bonds. The number of halogens is 1. The standard InChI is InChI=1S/C23H30FN3O2S/c1-4-22(18-9-7-6-8-10-18)30(28,29)27(5-2)16-19-11-12-20(15-21(19)24)23(3,17-26)13-14-25/h6-12,15,22H,4-5,13-14,16,25H2,1-3H3/t22-,23?/m1/s1. The van der Waals surface area contributed by atoms with Crippen LogP contribution in [0.4, 0.5) is 4.39 Å². The number of nitrogens with zero attached hydrogens (tertiary/aromatic N) is 2. The van der Waals surface area contributed by atoms with E-state index in [1.807, 2.05) is 25.1 Å². The van der Waals surface area contributed by atoms with Crippen molar-refractivity contribution >= 4 is 10.0 Å². The van der Waals surface area contributed by atoms with Gasteiger partial charge in [-0.05, 0) is 43.5 Å². The fraction of sp³-hybridized carbons (Fsp3) is 0.435. The number of hydrogen-bond donors (Lipinski definition) is 1. The molecule has 2 aromatic carbocycles. The Hall–Kier alpha value is -2.27. The zero-order valence-corrected chi connectivity index (χ0v) is 18.6. The molecule has 0 heterocycles. The molecule has 0 radical (unpaired) electrons. The minimum atomic E-state index is -3.69. The molecule has 7 heteroatoms. The van der Waals surface area contributed by atoms with Crippen LogP contribution >= 0.6 is 0 Å². The van der Waals surface area contributed by atoms with Gasteiger partial charge in [-0.3, -0.25) is 0 Å². The van der Waals surface area contributed by atoms with Crippen molar-refractivity contribution in [2.24, 2.45) is 5.73 Å². The van der Waals surface area contributed by atoms with Crippen LogP contribution in [0, 0.1) is 17.1 Å². The lowest BCUT2D eigenvalue weighted by Gasteiger charge is -2.27. The van der Waals surface area contributed by atoms with Crippen LogP contribution in [0.25, 0.3) is 0 Å². The van der Waals surface area contributed by atoms with Gasteiger partial charge < -0.3 is 5.73 Å². The molecule has 0 bridgehead atoms. The Kier molecular flexibility index (Phi) is 8.13. The minimum absolute atomic E-state index is 0.0611. The summed E-state index contributed by atoms with van der Waals surface area (Å²) in [5, 5.41) is 8.81. The van der Waals surface area contributed by atoms with Gasteiger partial charge in [-0.15, -0.1) is 0 Å². The van der Waals surface area contributed by atoms with Gasteiger partial charge in [0.05, 0.1) is 11.5 Å². The molecule has 0 aliphatic carbocycles. The minimum Gasteiger partial charge on any atom is -0.330 e. The lowest BCUT2D eigenvalue weighted by atomic mass is 9.80. The maximum atomic E-state index is 14.9. The number of benzene rings is 2. The normalized spacial score (nSPS) is 14.8. The Morgan fingerprint density at radius 2 is 1.87 bits per heavy atom. The summed E-state index contributed by atoms with van der Waals surface area (Å²) in [7, 11) is -3.69. The molecule has 0 aliphatic heterocycles. The van der Waals surface area contributed by atoms with E-state index in [0.717, 1.165) is 5.56 Å². The molecule has 2 N–H and O–H groups in total. The quantitative estimate of drug-likeness (QED) is 0.609. The van der Waals surface area contributed by atoms with Gasteiger partial charge in [-0.1, -0.05) is 56.3 Å². The number of rotatable bonds is 10. The van der Waals surface area contributed by atoms with Crippen molar-refractivity contribution in [1.82, 2.24) is 4.31 Å². The Labute approximate surface area is 179 Å². The van der Waals surface area contributed by atoms with Crippen LogP contribution in [0.1, 0.15) is 55.6 Å². The second-order valence-corrected chi connectivity index (χ2v) is 9.68. The highest BCUT2D eigenvalue weighted by atomic mass is 32.2. The summed E-state index contributed by atoms with van der Waals surface area (Å²) in [5.41, 5.74) is 6.26. The van der Waals surface area contributed by atoms with Crippen molar-refractivity contribution in [1.29, 1.82) is 5.26 Å². The maximum absolute atomic E-state index is 14.9. The number of sulfonamides is 1. The molecule has 2 aromatic rings. The molecule has 0 saturated heterocycles. The zero-order valence-electron chi connectivity index (χ0n) is 17.8. The largest absolute Gasteiger partial charge is 0.330 e. The van der Waals surface area contributed by atoms with Gasteiger partial charge in [0.1, 0.15) is 11.1 Å². The van der Waals surface area contributed by atoms with Crippen molar-refractivity contribution in [2.45, 2.75) is 50.8 Å². The predicted octanol–water partition coefficient (Wildman–Crippen LogP) is 4.26. The smallest absolute Gasteiger partial charge is 0.221 e. The van der Waals surface area contributed by atoms with Gasteiger partial charge in [0, 0.05) is 18.7 Å². The summed E-state index contributed by atoms with van der Waals surface area (Å²) in [6.07, 6.45) is 0.830. The van der Waals surface area contributed by atoms with Crippen LogP contribution in [-0.4, -0.2) is 25.8 Å². The van der Waals surface area contributed by atoms with Gasteiger partial charge in [0.25, 0.3) is 0 Å². The third-order valence-electron chi connectivity index (χ3n) is 5.54. The van der Waals surface area contributed by atoms with Crippen LogP contribution in [0.15, 0.2) is 48.5 Å². The summed E-state index contributed by atoms with van der Waals surface area (Å²) < 4.78 is 42.8. The maximum Gasteiger partial charge on any atom is 0.221 e. The Balaban J connectivity index is 2.34.